The summed E-state index contributed by atoms with van der Waals surface area (Å²) >= 11 is 1.36. The standard InChI is InChI=1S/C6H9N3OS/c1-9(2-3-10)5-6-4-7-8-11-6/h3-4H,2,5H2,1H3. The molecule has 0 aliphatic carbocycles. The van der Waals surface area contributed by atoms with Crippen molar-refractivity contribution in [1.29, 1.82) is 0 Å². The Kier molecular flexibility index (Phi) is 3.13. The number of carbonyl (C=O) groups excluding carboxylic acids is 1. The molecule has 1 heterocycles. The molecule has 1 rings (SSSR count). The Morgan fingerprint density at radius 2 is 2.64 bits per heavy atom. The second-order valence-corrected chi connectivity index (χ2v) is 3.12. The minimum atomic E-state index is 0.456. The third-order valence-electron chi connectivity index (χ3n) is 1.22. The second-order valence-electron chi connectivity index (χ2n) is 2.25. The van der Waals surface area contributed by atoms with E-state index in [0.29, 0.717) is 6.54 Å². The number of likely N-dealkylation sites (N-methyl/N-ethyl adjacent to an activating group) is 1. The van der Waals surface area contributed by atoms with Crippen LogP contribution >= 0.6 is 11.5 Å². The van der Waals surface area contributed by atoms with Crippen LogP contribution in [0.2, 0.25) is 0 Å². The van der Waals surface area contributed by atoms with Crippen molar-refractivity contribution in [2.45, 2.75) is 6.54 Å². The minimum absolute atomic E-state index is 0.456. The number of aldehydes is 1. The summed E-state index contributed by atoms with van der Waals surface area (Å²) in [6, 6.07) is 0. The summed E-state index contributed by atoms with van der Waals surface area (Å²) in [5.74, 6) is 0. The maximum atomic E-state index is 10.1. The smallest absolute Gasteiger partial charge is 0.133 e. The average Bonchev–Trinajstić information content (AvgIpc) is 2.40. The molecule has 4 nitrogen and oxygen atoms in total. The van der Waals surface area contributed by atoms with Crippen molar-refractivity contribution in [3.63, 3.8) is 0 Å². The molecular weight excluding hydrogens is 162 g/mol. The van der Waals surface area contributed by atoms with Crippen LogP contribution in [0.3, 0.4) is 0 Å². The lowest BCUT2D eigenvalue weighted by atomic mass is 10.5. The van der Waals surface area contributed by atoms with Crippen LogP contribution in [0.4, 0.5) is 0 Å². The number of nitrogens with zero attached hydrogens (tertiary/aromatic N) is 3. The summed E-state index contributed by atoms with van der Waals surface area (Å²) < 4.78 is 3.71. The molecule has 11 heavy (non-hydrogen) atoms. The molecule has 0 radical (unpaired) electrons. The Bertz CT molecular complexity index is 212. The highest BCUT2D eigenvalue weighted by Crippen LogP contribution is 2.04. The van der Waals surface area contributed by atoms with Crippen LogP contribution in [0.25, 0.3) is 0 Å². The molecule has 0 aliphatic rings. The molecule has 0 atom stereocenters. The largest absolute Gasteiger partial charge is 0.302 e. The van der Waals surface area contributed by atoms with Crippen LogP contribution in [-0.4, -0.2) is 34.4 Å². The average molecular weight is 171 g/mol. The van der Waals surface area contributed by atoms with Gasteiger partial charge in [0.2, 0.25) is 0 Å². The highest BCUT2D eigenvalue weighted by atomic mass is 32.1. The second kappa shape index (κ2) is 4.15. The van der Waals surface area contributed by atoms with Crippen molar-refractivity contribution in [1.82, 2.24) is 14.5 Å². The fourth-order valence-corrected chi connectivity index (χ4v) is 1.29. The van der Waals surface area contributed by atoms with E-state index in [0.717, 1.165) is 17.7 Å². The molecule has 0 saturated carbocycles. The summed E-state index contributed by atoms with van der Waals surface area (Å²) in [6.45, 7) is 1.20. The Labute approximate surface area is 69.0 Å². The van der Waals surface area contributed by atoms with Gasteiger partial charge in [-0.2, -0.15) is 0 Å². The fraction of sp³-hybridized carbons (Fsp3) is 0.500. The van der Waals surface area contributed by atoms with E-state index in [1.807, 2.05) is 11.9 Å². The fourth-order valence-electron chi connectivity index (χ4n) is 0.715. The lowest BCUT2D eigenvalue weighted by molar-refractivity contribution is -0.108. The van der Waals surface area contributed by atoms with Crippen LogP contribution in [0, 0.1) is 0 Å². The molecule has 0 N–H and O–H groups in total. The number of rotatable bonds is 4. The van der Waals surface area contributed by atoms with Crippen LogP contribution < -0.4 is 0 Å². The van der Waals surface area contributed by atoms with E-state index in [2.05, 4.69) is 9.59 Å². The number of carbonyl (C=O) groups is 1. The zero-order valence-corrected chi connectivity index (χ0v) is 7.04. The maximum absolute atomic E-state index is 10.1. The molecule has 1 aromatic rings. The first-order valence-electron chi connectivity index (χ1n) is 3.21. The number of hydrogen-bond donors (Lipinski definition) is 0. The van der Waals surface area contributed by atoms with Crippen LogP contribution in [0.15, 0.2) is 6.20 Å². The summed E-state index contributed by atoms with van der Waals surface area (Å²) in [5.41, 5.74) is 0. The summed E-state index contributed by atoms with van der Waals surface area (Å²) in [7, 11) is 1.88. The molecule has 0 bridgehead atoms. The monoisotopic (exact) mass is 171 g/mol. The van der Waals surface area contributed by atoms with E-state index in [1.54, 1.807) is 6.20 Å². The van der Waals surface area contributed by atoms with Gasteiger partial charge in [-0.05, 0) is 18.6 Å². The van der Waals surface area contributed by atoms with Crippen molar-refractivity contribution < 1.29 is 4.79 Å². The topological polar surface area (TPSA) is 46.1 Å². The normalized spacial score (nSPS) is 10.4. The van der Waals surface area contributed by atoms with Crippen LogP contribution in [0.5, 0.6) is 0 Å². The quantitative estimate of drug-likeness (QED) is 0.606. The SMILES string of the molecule is CN(CC=O)Cc1cnns1. The summed E-state index contributed by atoms with van der Waals surface area (Å²) in [5, 5.41) is 3.69. The first kappa shape index (κ1) is 8.29. The lowest BCUT2D eigenvalue weighted by Crippen LogP contribution is -2.19. The molecule has 60 valence electrons. The van der Waals surface area contributed by atoms with Gasteiger partial charge in [0.15, 0.2) is 0 Å². The molecule has 0 aromatic carbocycles. The molecule has 0 unspecified atom stereocenters. The molecule has 5 heteroatoms. The van der Waals surface area contributed by atoms with Crippen molar-refractivity contribution in [2.24, 2.45) is 0 Å². The van der Waals surface area contributed by atoms with E-state index in [-0.39, 0.29) is 0 Å². The Morgan fingerprint density at radius 1 is 1.82 bits per heavy atom. The van der Waals surface area contributed by atoms with Crippen molar-refractivity contribution in [2.75, 3.05) is 13.6 Å². The zero-order chi connectivity index (χ0) is 8.10. The predicted octanol–water partition coefficient (Wildman–Crippen LogP) is 0.169. The van der Waals surface area contributed by atoms with Crippen molar-refractivity contribution >= 4 is 17.8 Å². The first-order chi connectivity index (χ1) is 5.33. The van der Waals surface area contributed by atoms with Gasteiger partial charge in [-0.3, -0.25) is 4.90 Å². The molecular formula is C6H9N3OS. The van der Waals surface area contributed by atoms with E-state index < -0.39 is 0 Å². The summed E-state index contributed by atoms with van der Waals surface area (Å²) in [6.07, 6.45) is 2.60. The first-order valence-corrected chi connectivity index (χ1v) is 3.98. The Balaban J connectivity index is 2.37. The van der Waals surface area contributed by atoms with E-state index in [9.17, 15) is 4.79 Å². The maximum Gasteiger partial charge on any atom is 0.133 e. The van der Waals surface area contributed by atoms with Crippen molar-refractivity contribution in [3.05, 3.63) is 11.1 Å². The van der Waals surface area contributed by atoms with Gasteiger partial charge in [0.05, 0.1) is 17.6 Å². The van der Waals surface area contributed by atoms with Gasteiger partial charge in [0.1, 0.15) is 6.29 Å². The molecule has 0 fully saturated rings. The van der Waals surface area contributed by atoms with Gasteiger partial charge in [-0.25, -0.2) is 0 Å². The third kappa shape index (κ3) is 2.73. The highest BCUT2D eigenvalue weighted by Gasteiger charge is 2.00. The number of hydrogen-bond acceptors (Lipinski definition) is 5. The van der Waals surface area contributed by atoms with Crippen LogP contribution in [0.1, 0.15) is 4.88 Å². The highest BCUT2D eigenvalue weighted by molar-refractivity contribution is 7.05. The number of aromatic nitrogens is 2. The Hall–Kier alpha value is -0.810. The van der Waals surface area contributed by atoms with E-state index in [1.165, 1.54) is 11.5 Å². The minimum Gasteiger partial charge on any atom is -0.302 e. The summed E-state index contributed by atoms with van der Waals surface area (Å²) in [4.78, 5) is 13.1. The van der Waals surface area contributed by atoms with Gasteiger partial charge in [0.25, 0.3) is 0 Å². The molecule has 1 aromatic heterocycles. The van der Waals surface area contributed by atoms with Crippen LogP contribution in [-0.2, 0) is 11.3 Å². The lowest BCUT2D eigenvalue weighted by Gasteiger charge is -2.09. The van der Waals surface area contributed by atoms with Crippen molar-refractivity contribution in [3.8, 4) is 0 Å². The van der Waals surface area contributed by atoms with Gasteiger partial charge in [0, 0.05) is 6.54 Å². The molecule has 0 spiro atoms. The molecule has 0 aliphatic heterocycles. The third-order valence-corrected chi connectivity index (χ3v) is 1.86. The van der Waals surface area contributed by atoms with E-state index in [4.69, 9.17) is 0 Å². The Morgan fingerprint density at radius 3 is 3.18 bits per heavy atom. The molecule has 0 amide bonds. The van der Waals surface area contributed by atoms with E-state index >= 15 is 0 Å². The zero-order valence-electron chi connectivity index (χ0n) is 6.23. The van der Waals surface area contributed by atoms with Gasteiger partial charge in [-0.15, -0.1) is 5.10 Å². The van der Waals surface area contributed by atoms with Gasteiger partial charge >= 0.3 is 0 Å². The molecule has 0 saturated heterocycles. The predicted molar refractivity (Wildman–Crippen MR) is 42.3 cm³/mol. The van der Waals surface area contributed by atoms with Gasteiger partial charge in [-0.1, -0.05) is 4.49 Å². The van der Waals surface area contributed by atoms with Gasteiger partial charge < -0.3 is 4.79 Å².